The molecule has 1 heterocycles. The van der Waals surface area contributed by atoms with Crippen molar-refractivity contribution in [2.45, 2.75) is 20.3 Å². The lowest BCUT2D eigenvalue weighted by Gasteiger charge is -1.99. The molecule has 0 atom stereocenters. The summed E-state index contributed by atoms with van der Waals surface area (Å²) < 4.78 is 0. The molecule has 1 amide bonds. The number of benzene rings is 2. The van der Waals surface area contributed by atoms with Crippen molar-refractivity contribution < 1.29 is 4.79 Å². The van der Waals surface area contributed by atoms with E-state index in [0.717, 1.165) is 16.9 Å². The van der Waals surface area contributed by atoms with E-state index < -0.39 is 0 Å². The standard InChI is InChI=1S/C21H20N2OS/c1-15-3-7-17(8-4-15)11-12-20(24)23-21-22-14-19(25-21)13-18-9-5-16(2)6-10-18/h3-12,14H,13H2,1-2H3,(H,22,23,24). The van der Waals surface area contributed by atoms with Gasteiger partial charge in [0.25, 0.3) is 0 Å². The van der Waals surface area contributed by atoms with Gasteiger partial charge in [-0.2, -0.15) is 0 Å². The summed E-state index contributed by atoms with van der Waals surface area (Å²) in [5, 5.41) is 3.45. The van der Waals surface area contributed by atoms with Crippen molar-refractivity contribution in [3.05, 3.63) is 87.9 Å². The zero-order valence-corrected chi connectivity index (χ0v) is 15.1. The van der Waals surface area contributed by atoms with E-state index in [1.165, 1.54) is 34.1 Å². The molecule has 0 fully saturated rings. The van der Waals surface area contributed by atoms with E-state index in [9.17, 15) is 4.79 Å². The molecule has 4 heteroatoms. The second-order valence-corrected chi connectivity index (χ2v) is 7.14. The predicted octanol–water partition coefficient (Wildman–Crippen LogP) is 5.00. The van der Waals surface area contributed by atoms with Crippen LogP contribution in [0.5, 0.6) is 0 Å². The third-order valence-electron chi connectivity index (χ3n) is 3.79. The minimum atomic E-state index is -0.170. The molecule has 0 aliphatic heterocycles. The van der Waals surface area contributed by atoms with Crippen LogP contribution in [-0.2, 0) is 11.2 Å². The molecule has 1 aromatic heterocycles. The Morgan fingerprint density at radius 2 is 1.68 bits per heavy atom. The lowest BCUT2D eigenvalue weighted by Crippen LogP contribution is -2.07. The molecular weight excluding hydrogens is 328 g/mol. The first-order chi connectivity index (χ1) is 12.1. The highest BCUT2D eigenvalue weighted by molar-refractivity contribution is 7.15. The Morgan fingerprint density at radius 1 is 1.04 bits per heavy atom. The minimum Gasteiger partial charge on any atom is -0.298 e. The van der Waals surface area contributed by atoms with Crippen LogP contribution in [0.15, 0.2) is 60.8 Å². The van der Waals surface area contributed by atoms with E-state index in [0.29, 0.717) is 5.13 Å². The zero-order valence-electron chi connectivity index (χ0n) is 14.3. The van der Waals surface area contributed by atoms with Crippen molar-refractivity contribution in [1.82, 2.24) is 4.98 Å². The predicted molar refractivity (Wildman–Crippen MR) is 105 cm³/mol. The third-order valence-corrected chi connectivity index (χ3v) is 4.70. The van der Waals surface area contributed by atoms with Crippen molar-refractivity contribution in [3.8, 4) is 0 Å². The van der Waals surface area contributed by atoms with Crippen LogP contribution in [0.2, 0.25) is 0 Å². The van der Waals surface area contributed by atoms with Crippen LogP contribution in [0.25, 0.3) is 6.08 Å². The highest BCUT2D eigenvalue weighted by atomic mass is 32.1. The Hall–Kier alpha value is -2.72. The minimum absolute atomic E-state index is 0.170. The maximum absolute atomic E-state index is 12.0. The Labute approximate surface area is 152 Å². The van der Waals surface area contributed by atoms with Crippen molar-refractivity contribution >= 4 is 28.5 Å². The average Bonchev–Trinajstić information content (AvgIpc) is 3.03. The van der Waals surface area contributed by atoms with Gasteiger partial charge in [0.1, 0.15) is 0 Å². The Balaban J connectivity index is 1.57. The van der Waals surface area contributed by atoms with Crippen molar-refractivity contribution in [1.29, 1.82) is 0 Å². The van der Waals surface area contributed by atoms with Crippen LogP contribution in [0.3, 0.4) is 0 Å². The van der Waals surface area contributed by atoms with Gasteiger partial charge in [0, 0.05) is 23.6 Å². The molecule has 0 aliphatic carbocycles. The maximum atomic E-state index is 12.0. The topological polar surface area (TPSA) is 42.0 Å². The van der Waals surface area contributed by atoms with Gasteiger partial charge in [0.2, 0.25) is 5.91 Å². The molecule has 25 heavy (non-hydrogen) atoms. The van der Waals surface area contributed by atoms with Crippen molar-refractivity contribution in [2.75, 3.05) is 5.32 Å². The van der Waals surface area contributed by atoms with Gasteiger partial charge in [-0.15, -0.1) is 11.3 Å². The van der Waals surface area contributed by atoms with Gasteiger partial charge in [0.05, 0.1) is 0 Å². The molecule has 126 valence electrons. The fourth-order valence-corrected chi connectivity index (χ4v) is 3.20. The number of thiazole rings is 1. The molecule has 3 nitrogen and oxygen atoms in total. The molecular formula is C21H20N2OS. The fourth-order valence-electron chi connectivity index (χ4n) is 2.35. The summed E-state index contributed by atoms with van der Waals surface area (Å²) in [6.07, 6.45) is 5.98. The summed E-state index contributed by atoms with van der Waals surface area (Å²) >= 11 is 1.51. The van der Waals surface area contributed by atoms with E-state index in [4.69, 9.17) is 0 Å². The summed E-state index contributed by atoms with van der Waals surface area (Å²) in [5.41, 5.74) is 4.69. The number of anilines is 1. The summed E-state index contributed by atoms with van der Waals surface area (Å²) in [7, 11) is 0. The number of carbonyl (C=O) groups is 1. The Bertz CT molecular complexity index is 877. The number of amides is 1. The average molecular weight is 348 g/mol. The molecule has 0 saturated carbocycles. The van der Waals surface area contributed by atoms with Crippen LogP contribution in [0.4, 0.5) is 5.13 Å². The molecule has 3 rings (SSSR count). The van der Waals surface area contributed by atoms with Crippen LogP contribution < -0.4 is 5.32 Å². The monoisotopic (exact) mass is 348 g/mol. The van der Waals surface area contributed by atoms with Gasteiger partial charge in [-0.25, -0.2) is 4.98 Å². The van der Waals surface area contributed by atoms with E-state index in [1.807, 2.05) is 37.4 Å². The number of hydrogen-bond donors (Lipinski definition) is 1. The van der Waals surface area contributed by atoms with Crippen LogP contribution in [0, 0.1) is 13.8 Å². The molecule has 3 aromatic rings. The van der Waals surface area contributed by atoms with Gasteiger partial charge < -0.3 is 0 Å². The number of hydrogen-bond acceptors (Lipinski definition) is 3. The molecule has 0 saturated heterocycles. The lowest BCUT2D eigenvalue weighted by molar-refractivity contribution is -0.111. The summed E-state index contributed by atoms with van der Waals surface area (Å²) in [4.78, 5) is 17.4. The number of aryl methyl sites for hydroxylation is 2. The normalized spacial score (nSPS) is 11.0. The van der Waals surface area contributed by atoms with Gasteiger partial charge in [-0.1, -0.05) is 59.7 Å². The SMILES string of the molecule is Cc1ccc(C=CC(=O)Nc2ncc(Cc3ccc(C)cc3)s2)cc1. The van der Waals surface area contributed by atoms with Crippen LogP contribution in [0.1, 0.15) is 27.1 Å². The summed E-state index contributed by atoms with van der Waals surface area (Å²) in [5.74, 6) is -0.170. The third kappa shape index (κ3) is 5.13. The van der Waals surface area contributed by atoms with E-state index in [2.05, 4.69) is 41.5 Å². The maximum Gasteiger partial charge on any atom is 0.250 e. The lowest BCUT2D eigenvalue weighted by atomic mass is 10.1. The second-order valence-electron chi connectivity index (χ2n) is 6.03. The number of aromatic nitrogens is 1. The molecule has 0 bridgehead atoms. The van der Waals surface area contributed by atoms with Crippen molar-refractivity contribution in [2.24, 2.45) is 0 Å². The fraction of sp³-hybridized carbons (Fsp3) is 0.143. The van der Waals surface area contributed by atoms with E-state index >= 15 is 0 Å². The molecule has 0 radical (unpaired) electrons. The van der Waals surface area contributed by atoms with Gasteiger partial charge in [0.15, 0.2) is 5.13 Å². The van der Waals surface area contributed by atoms with E-state index in [-0.39, 0.29) is 5.91 Å². The molecule has 0 unspecified atom stereocenters. The summed E-state index contributed by atoms with van der Waals surface area (Å²) in [6, 6.07) is 16.5. The number of carbonyl (C=O) groups excluding carboxylic acids is 1. The first-order valence-electron chi connectivity index (χ1n) is 8.14. The Kier molecular flexibility index (Phi) is 5.41. The first kappa shape index (κ1) is 17.1. The van der Waals surface area contributed by atoms with Gasteiger partial charge >= 0.3 is 0 Å². The van der Waals surface area contributed by atoms with Crippen molar-refractivity contribution in [3.63, 3.8) is 0 Å². The number of rotatable bonds is 5. The first-order valence-corrected chi connectivity index (χ1v) is 8.96. The smallest absolute Gasteiger partial charge is 0.250 e. The van der Waals surface area contributed by atoms with E-state index in [1.54, 1.807) is 6.08 Å². The number of nitrogens with zero attached hydrogens (tertiary/aromatic N) is 1. The molecule has 1 N–H and O–H groups in total. The van der Waals surface area contributed by atoms with Crippen LogP contribution in [-0.4, -0.2) is 10.9 Å². The molecule has 0 aliphatic rings. The zero-order chi connectivity index (χ0) is 17.6. The second kappa shape index (κ2) is 7.90. The number of nitrogens with one attached hydrogen (secondary N) is 1. The largest absolute Gasteiger partial charge is 0.298 e. The molecule has 0 spiro atoms. The molecule has 2 aromatic carbocycles. The quantitative estimate of drug-likeness (QED) is 0.659. The van der Waals surface area contributed by atoms with Crippen LogP contribution >= 0.6 is 11.3 Å². The van der Waals surface area contributed by atoms with Gasteiger partial charge in [-0.3, -0.25) is 10.1 Å². The van der Waals surface area contributed by atoms with Gasteiger partial charge in [-0.05, 0) is 31.1 Å². The Morgan fingerprint density at radius 3 is 2.36 bits per heavy atom. The highest BCUT2D eigenvalue weighted by Gasteiger charge is 2.05. The highest BCUT2D eigenvalue weighted by Crippen LogP contribution is 2.21. The summed E-state index contributed by atoms with van der Waals surface area (Å²) in [6.45, 7) is 4.12.